The summed E-state index contributed by atoms with van der Waals surface area (Å²) in [6.45, 7) is 1.06. The Kier molecular flexibility index (Phi) is 6.34. The van der Waals surface area contributed by atoms with Crippen molar-refractivity contribution < 1.29 is 19.4 Å². The van der Waals surface area contributed by atoms with E-state index in [0.29, 0.717) is 26.0 Å². The summed E-state index contributed by atoms with van der Waals surface area (Å²) >= 11 is 0. The Morgan fingerprint density at radius 1 is 1.22 bits per heavy atom. The molecule has 0 unspecified atom stereocenters. The van der Waals surface area contributed by atoms with Crippen molar-refractivity contribution in [3.8, 4) is 11.5 Å². The quantitative estimate of drug-likeness (QED) is 0.663. The van der Waals surface area contributed by atoms with Crippen molar-refractivity contribution in [3.63, 3.8) is 0 Å². The van der Waals surface area contributed by atoms with Gasteiger partial charge in [0.25, 0.3) is 0 Å². The molecule has 23 heavy (non-hydrogen) atoms. The number of hydrogen-bond donors (Lipinski definition) is 1. The summed E-state index contributed by atoms with van der Waals surface area (Å²) in [5.41, 5.74) is 0. The van der Waals surface area contributed by atoms with E-state index in [1.807, 2.05) is 24.3 Å². The number of ether oxygens (including phenoxy) is 2. The number of methoxy groups -OCH3 is 1. The summed E-state index contributed by atoms with van der Waals surface area (Å²) in [6.07, 6.45) is 2.07. The lowest BCUT2D eigenvalue weighted by Gasteiger charge is -2.07. The van der Waals surface area contributed by atoms with Gasteiger partial charge in [-0.25, -0.2) is 4.68 Å². The van der Waals surface area contributed by atoms with Gasteiger partial charge in [0.15, 0.2) is 5.82 Å². The first-order valence-corrected chi connectivity index (χ1v) is 7.42. The van der Waals surface area contributed by atoms with Gasteiger partial charge in [-0.2, -0.15) is 0 Å². The summed E-state index contributed by atoms with van der Waals surface area (Å²) in [6, 6.07) is 7.40. The van der Waals surface area contributed by atoms with E-state index in [0.717, 1.165) is 23.7 Å². The summed E-state index contributed by atoms with van der Waals surface area (Å²) in [4.78, 5) is 10.5. The molecule has 0 amide bonds. The molecule has 2 rings (SSSR count). The van der Waals surface area contributed by atoms with Gasteiger partial charge in [0.05, 0.1) is 13.7 Å². The zero-order valence-corrected chi connectivity index (χ0v) is 13.0. The number of tetrazole rings is 1. The van der Waals surface area contributed by atoms with Crippen molar-refractivity contribution in [2.24, 2.45) is 0 Å². The van der Waals surface area contributed by atoms with Gasteiger partial charge in [-0.05, 0) is 47.5 Å². The highest BCUT2D eigenvalue weighted by Gasteiger charge is 2.07. The van der Waals surface area contributed by atoms with Crippen LogP contribution in [0.5, 0.6) is 11.5 Å². The molecule has 1 aromatic heterocycles. The lowest BCUT2D eigenvalue weighted by molar-refractivity contribution is -0.137. The number of benzene rings is 1. The number of hydrogen-bond acceptors (Lipinski definition) is 6. The van der Waals surface area contributed by atoms with Crippen molar-refractivity contribution >= 4 is 5.97 Å². The maximum atomic E-state index is 10.5. The van der Waals surface area contributed by atoms with Gasteiger partial charge in [0.1, 0.15) is 11.5 Å². The summed E-state index contributed by atoms with van der Waals surface area (Å²) < 4.78 is 12.4. The first kappa shape index (κ1) is 16.7. The molecule has 0 bridgehead atoms. The van der Waals surface area contributed by atoms with Crippen LogP contribution < -0.4 is 9.47 Å². The average molecular weight is 320 g/mol. The molecular formula is C15H20N4O4. The molecule has 0 atom stereocenters. The third-order valence-corrected chi connectivity index (χ3v) is 3.24. The third-order valence-electron chi connectivity index (χ3n) is 3.24. The molecule has 0 radical (unpaired) electrons. The Morgan fingerprint density at radius 3 is 2.65 bits per heavy atom. The molecule has 0 spiro atoms. The fourth-order valence-electron chi connectivity index (χ4n) is 2.05. The maximum absolute atomic E-state index is 10.5. The van der Waals surface area contributed by atoms with Crippen LogP contribution in [0.3, 0.4) is 0 Å². The van der Waals surface area contributed by atoms with Gasteiger partial charge in [0, 0.05) is 19.4 Å². The van der Waals surface area contributed by atoms with Crippen LogP contribution in [0.2, 0.25) is 0 Å². The summed E-state index contributed by atoms with van der Waals surface area (Å²) in [7, 11) is 1.62. The van der Waals surface area contributed by atoms with Crippen LogP contribution >= 0.6 is 0 Å². The van der Waals surface area contributed by atoms with Crippen molar-refractivity contribution in [3.05, 3.63) is 30.1 Å². The molecule has 2 aromatic rings. The average Bonchev–Trinajstić information content (AvgIpc) is 2.99. The number of carboxylic acid groups (broad SMARTS) is 1. The highest BCUT2D eigenvalue weighted by Crippen LogP contribution is 2.17. The Hall–Kier alpha value is -2.64. The molecule has 124 valence electrons. The molecule has 1 N–H and O–H groups in total. The van der Waals surface area contributed by atoms with E-state index >= 15 is 0 Å². The van der Waals surface area contributed by atoms with Gasteiger partial charge in [-0.15, -0.1) is 5.10 Å². The van der Waals surface area contributed by atoms with E-state index in [2.05, 4.69) is 15.5 Å². The normalized spacial score (nSPS) is 10.5. The molecule has 1 aromatic carbocycles. The van der Waals surface area contributed by atoms with Crippen molar-refractivity contribution in [2.75, 3.05) is 13.7 Å². The molecule has 0 aliphatic heterocycles. The minimum atomic E-state index is -0.812. The van der Waals surface area contributed by atoms with E-state index in [-0.39, 0.29) is 6.42 Å². The predicted octanol–water partition coefficient (Wildman–Crippen LogP) is 1.56. The predicted molar refractivity (Wildman–Crippen MR) is 81.5 cm³/mol. The van der Waals surface area contributed by atoms with Crippen molar-refractivity contribution in [1.82, 2.24) is 20.2 Å². The zero-order valence-electron chi connectivity index (χ0n) is 13.0. The van der Waals surface area contributed by atoms with Gasteiger partial charge in [-0.3, -0.25) is 4.79 Å². The van der Waals surface area contributed by atoms with Gasteiger partial charge in [0.2, 0.25) is 0 Å². The SMILES string of the molecule is COc1ccc(OCCCc2nnnn2CCCC(=O)O)cc1. The van der Waals surface area contributed by atoms with Crippen LogP contribution in [0.1, 0.15) is 25.1 Å². The minimum Gasteiger partial charge on any atom is -0.497 e. The minimum absolute atomic E-state index is 0.111. The van der Waals surface area contributed by atoms with Crippen molar-refractivity contribution in [2.45, 2.75) is 32.2 Å². The second kappa shape index (κ2) is 8.72. The molecule has 0 fully saturated rings. The van der Waals surface area contributed by atoms with Crippen LogP contribution in [-0.2, 0) is 17.8 Å². The monoisotopic (exact) mass is 320 g/mol. The molecule has 0 saturated carbocycles. The lowest BCUT2D eigenvalue weighted by atomic mass is 10.3. The standard InChI is InChI=1S/C15H20N4O4/c1-22-12-6-8-13(9-7-12)23-11-3-4-14-16-17-18-19(14)10-2-5-15(20)21/h6-9H,2-5,10-11H2,1H3,(H,20,21). The van der Waals surface area contributed by atoms with Crippen LogP contribution in [0.15, 0.2) is 24.3 Å². The number of rotatable bonds is 10. The lowest BCUT2D eigenvalue weighted by Crippen LogP contribution is -2.09. The Bertz CT molecular complexity index is 612. The van der Waals surface area contributed by atoms with Crippen molar-refractivity contribution in [1.29, 1.82) is 0 Å². The highest BCUT2D eigenvalue weighted by molar-refractivity contribution is 5.66. The smallest absolute Gasteiger partial charge is 0.303 e. The van der Waals surface area contributed by atoms with Crippen LogP contribution in [0.25, 0.3) is 0 Å². The summed E-state index contributed by atoms with van der Waals surface area (Å²) in [5, 5.41) is 20.1. The highest BCUT2D eigenvalue weighted by atomic mass is 16.5. The first-order valence-electron chi connectivity index (χ1n) is 7.42. The van der Waals surface area contributed by atoms with Gasteiger partial charge >= 0.3 is 5.97 Å². The van der Waals surface area contributed by atoms with Crippen LogP contribution in [0.4, 0.5) is 0 Å². The molecule has 1 heterocycles. The Balaban J connectivity index is 1.71. The number of nitrogens with zero attached hydrogens (tertiary/aromatic N) is 4. The topological polar surface area (TPSA) is 99.4 Å². The third kappa shape index (κ3) is 5.57. The number of aryl methyl sites for hydroxylation is 2. The number of aromatic nitrogens is 4. The molecule has 0 saturated heterocycles. The van der Waals surface area contributed by atoms with Gasteiger partial charge in [-0.1, -0.05) is 0 Å². The molecular weight excluding hydrogens is 300 g/mol. The summed E-state index contributed by atoms with van der Waals surface area (Å²) in [5.74, 6) is 1.51. The number of carboxylic acids is 1. The van der Waals surface area contributed by atoms with Gasteiger partial charge < -0.3 is 14.6 Å². The molecule has 0 aliphatic carbocycles. The maximum Gasteiger partial charge on any atom is 0.303 e. The van der Waals surface area contributed by atoms with Crippen LogP contribution in [-0.4, -0.2) is 45.0 Å². The van der Waals surface area contributed by atoms with E-state index < -0.39 is 5.97 Å². The molecule has 8 heteroatoms. The number of aliphatic carboxylic acids is 1. The van der Waals surface area contributed by atoms with E-state index in [1.165, 1.54) is 0 Å². The fraction of sp³-hybridized carbons (Fsp3) is 0.467. The van der Waals surface area contributed by atoms with E-state index in [1.54, 1.807) is 11.8 Å². The molecule has 0 aliphatic rings. The first-order chi connectivity index (χ1) is 11.2. The molecule has 8 nitrogen and oxygen atoms in total. The number of carbonyl (C=O) groups is 1. The Labute approximate surface area is 134 Å². The van der Waals surface area contributed by atoms with E-state index in [9.17, 15) is 4.79 Å². The van der Waals surface area contributed by atoms with E-state index in [4.69, 9.17) is 14.6 Å². The largest absolute Gasteiger partial charge is 0.497 e. The second-order valence-corrected chi connectivity index (χ2v) is 4.94. The zero-order chi connectivity index (χ0) is 16.5. The second-order valence-electron chi connectivity index (χ2n) is 4.94. The Morgan fingerprint density at radius 2 is 1.96 bits per heavy atom. The fourth-order valence-corrected chi connectivity index (χ4v) is 2.05. The van der Waals surface area contributed by atoms with Crippen LogP contribution in [0, 0.1) is 0 Å².